The second-order valence-electron chi connectivity index (χ2n) is 5.78. The molecule has 0 aromatic carbocycles. The molecule has 2 saturated carbocycles. The van der Waals surface area contributed by atoms with Crippen molar-refractivity contribution in [2.45, 2.75) is 43.5 Å². The summed E-state index contributed by atoms with van der Waals surface area (Å²) in [4.78, 5) is 4.51. The Hall–Kier alpha value is -0.660. The first-order valence-corrected chi connectivity index (χ1v) is 9.67. The lowest BCUT2D eigenvalue weighted by Gasteiger charge is -2.23. The average Bonchev–Trinajstić information content (AvgIpc) is 3.31. The minimum atomic E-state index is -3.49. The Kier molecular flexibility index (Phi) is 4.25. The molecule has 1 heterocycles. The number of nitrogens with one attached hydrogen (secondary N) is 1. The monoisotopic (exact) mass is 373 g/mol. The summed E-state index contributed by atoms with van der Waals surface area (Å²) in [6.45, 7) is 3.23. The number of sulfonamides is 1. The molecule has 116 valence electrons. The minimum Gasteiger partial charge on any atom is -0.369 e. The average molecular weight is 374 g/mol. The summed E-state index contributed by atoms with van der Waals surface area (Å²) in [5, 5.41) is 3.05. The van der Waals surface area contributed by atoms with Crippen LogP contribution in [0.15, 0.2) is 21.6 Å². The molecule has 1 aromatic rings. The summed E-state index contributed by atoms with van der Waals surface area (Å²) >= 11 is 3.33. The van der Waals surface area contributed by atoms with Crippen LogP contribution >= 0.6 is 15.9 Å². The van der Waals surface area contributed by atoms with E-state index >= 15 is 0 Å². The second kappa shape index (κ2) is 5.85. The fraction of sp³-hybridized carbons (Fsp3) is 0.643. The lowest BCUT2D eigenvalue weighted by atomic mass is 10.4. The molecule has 3 rings (SSSR count). The van der Waals surface area contributed by atoms with E-state index in [1.165, 1.54) is 0 Å². The van der Waals surface area contributed by atoms with Crippen molar-refractivity contribution in [2.75, 3.05) is 18.4 Å². The van der Waals surface area contributed by atoms with E-state index in [0.717, 1.165) is 25.7 Å². The molecule has 0 bridgehead atoms. The third-order valence-corrected chi connectivity index (χ3v) is 6.20. The van der Waals surface area contributed by atoms with Crippen molar-refractivity contribution < 1.29 is 8.42 Å². The molecule has 0 saturated heterocycles. The normalized spacial score (nSPS) is 19.0. The van der Waals surface area contributed by atoms with Crippen molar-refractivity contribution in [2.24, 2.45) is 5.92 Å². The van der Waals surface area contributed by atoms with Gasteiger partial charge in [-0.25, -0.2) is 13.4 Å². The lowest BCUT2D eigenvalue weighted by molar-refractivity contribution is 0.389. The smallest absolute Gasteiger partial charge is 0.247 e. The van der Waals surface area contributed by atoms with Crippen LogP contribution in [0.25, 0.3) is 0 Å². The van der Waals surface area contributed by atoms with Gasteiger partial charge in [-0.15, -0.1) is 0 Å². The van der Waals surface area contributed by atoms with E-state index in [1.807, 2.05) is 6.92 Å². The van der Waals surface area contributed by atoms with Crippen molar-refractivity contribution in [3.63, 3.8) is 0 Å². The van der Waals surface area contributed by atoms with E-state index in [0.29, 0.717) is 29.3 Å². The third-order valence-electron chi connectivity index (χ3n) is 3.84. The standard InChI is InChI=1S/C14H20BrN3O2S/c1-2-16-14-13(7-11(15)8-17-14)21(19,20)18(12-5-6-12)9-10-3-4-10/h7-8,10,12H,2-6,9H2,1H3,(H,16,17). The molecule has 0 aliphatic heterocycles. The maximum Gasteiger partial charge on any atom is 0.247 e. The number of hydrogen-bond donors (Lipinski definition) is 1. The molecule has 1 N–H and O–H groups in total. The first kappa shape index (κ1) is 15.2. The molecule has 0 amide bonds. The van der Waals surface area contributed by atoms with Crippen LogP contribution in [0.2, 0.25) is 0 Å². The van der Waals surface area contributed by atoms with Crippen LogP contribution in [0.4, 0.5) is 5.82 Å². The van der Waals surface area contributed by atoms with E-state index in [1.54, 1.807) is 16.6 Å². The van der Waals surface area contributed by atoms with Gasteiger partial charge in [-0.3, -0.25) is 0 Å². The highest BCUT2D eigenvalue weighted by Gasteiger charge is 2.42. The van der Waals surface area contributed by atoms with Gasteiger partial charge in [0.2, 0.25) is 10.0 Å². The van der Waals surface area contributed by atoms with E-state index < -0.39 is 10.0 Å². The number of halogens is 1. The summed E-state index contributed by atoms with van der Waals surface area (Å²) in [6, 6.07) is 1.84. The maximum absolute atomic E-state index is 13.1. The van der Waals surface area contributed by atoms with Crippen LogP contribution in [0.3, 0.4) is 0 Å². The molecule has 5 nitrogen and oxygen atoms in total. The molecule has 0 spiro atoms. The Balaban J connectivity index is 1.96. The Morgan fingerprint density at radius 1 is 1.38 bits per heavy atom. The fourth-order valence-corrected chi connectivity index (χ4v) is 4.80. The molecule has 2 aliphatic carbocycles. The van der Waals surface area contributed by atoms with Crippen LogP contribution in [-0.4, -0.2) is 36.8 Å². The van der Waals surface area contributed by atoms with Crippen LogP contribution in [0.5, 0.6) is 0 Å². The van der Waals surface area contributed by atoms with Crippen molar-refractivity contribution in [3.8, 4) is 0 Å². The molecule has 0 atom stereocenters. The quantitative estimate of drug-likeness (QED) is 0.797. The number of rotatable bonds is 7. The topological polar surface area (TPSA) is 62.3 Å². The number of hydrogen-bond acceptors (Lipinski definition) is 4. The predicted octanol–water partition coefficient (Wildman–Crippen LogP) is 2.84. The highest BCUT2D eigenvalue weighted by atomic mass is 79.9. The molecule has 2 aliphatic rings. The van der Waals surface area contributed by atoms with Crippen molar-refractivity contribution in [3.05, 3.63) is 16.7 Å². The second-order valence-corrected chi connectivity index (χ2v) is 8.55. The van der Waals surface area contributed by atoms with Gasteiger partial charge >= 0.3 is 0 Å². The SMILES string of the molecule is CCNc1ncc(Br)cc1S(=O)(=O)N(CC1CC1)C1CC1. The molecule has 1 aromatic heterocycles. The Labute approximate surface area is 134 Å². The van der Waals surface area contributed by atoms with Gasteiger partial charge in [0.05, 0.1) is 0 Å². The number of pyridine rings is 1. The highest BCUT2D eigenvalue weighted by Crippen LogP contribution is 2.39. The number of aromatic nitrogens is 1. The van der Waals surface area contributed by atoms with Crippen LogP contribution in [0, 0.1) is 5.92 Å². The largest absolute Gasteiger partial charge is 0.369 e. The van der Waals surface area contributed by atoms with Gasteiger partial charge in [0, 0.05) is 29.8 Å². The van der Waals surface area contributed by atoms with E-state index in [4.69, 9.17) is 0 Å². The van der Waals surface area contributed by atoms with Gasteiger partial charge in [-0.2, -0.15) is 4.31 Å². The Bertz CT molecular complexity index is 627. The van der Waals surface area contributed by atoms with Gasteiger partial charge < -0.3 is 5.32 Å². The molecule has 0 unspecified atom stereocenters. The number of nitrogens with zero attached hydrogens (tertiary/aromatic N) is 2. The van der Waals surface area contributed by atoms with Gasteiger partial charge in [0.25, 0.3) is 0 Å². The van der Waals surface area contributed by atoms with Crippen molar-refractivity contribution >= 4 is 31.8 Å². The summed E-state index contributed by atoms with van der Waals surface area (Å²) < 4.78 is 28.5. The van der Waals surface area contributed by atoms with E-state index in [2.05, 4.69) is 26.2 Å². The Morgan fingerprint density at radius 3 is 2.67 bits per heavy atom. The van der Waals surface area contributed by atoms with Gasteiger partial charge in [-0.05, 0) is 60.5 Å². The van der Waals surface area contributed by atoms with Crippen LogP contribution in [-0.2, 0) is 10.0 Å². The fourth-order valence-electron chi connectivity index (χ4n) is 2.40. The summed E-state index contributed by atoms with van der Waals surface area (Å²) in [7, 11) is -3.49. The minimum absolute atomic E-state index is 0.184. The molecule has 0 radical (unpaired) electrons. The molecule has 21 heavy (non-hydrogen) atoms. The lowest BCUT2D eigenvalue weighted by Crippen LogP contribution is -2.35. The van der Waals surface area contributed by atoms with Gasteiger partial charge in [0.1, 0.15) is 10.7 Å². The zero-order valence-corrected chi connectivity index (χ0v) is 14.5. The maximum atomic E-state index is 13.1. The molecule has 7 heteroatoms. The highest BCUT2D eigenvalue weighted by molar-refractivity contribution is 9.10. The summed E-state index contributed by atoms with van der Waals surface area (Å²) in [5.41, 5.74) is 0. The molecule has 2 fully saturated rings. The summed E-state index contributed by atoms with van der Waals surface area (Å²) in [6.07, 6.45) is 5.87. The zero-order valence-electron chi connectivity index (χ0n) is 12.0. The Morgan fingerprint density at radius 2 is 2.10 bits per heavy atom. The van der Waals surface area contributed by atoms with Crippen molar-refractivity contribution in [1.82, 2.24) is 9.29 Å². The van der Waals surface area contributed by atoms with E-state index in [9.17, 15) is 8.42 Å². The molecular formula is C14H20BrN3O2S. The predicted molar refractivity (Wildman–Crippen MR) is 85.7 cm³/mol. The van der Waals surface area contributed by atoms with E-state index in [-0.39, 0.29) is 10.9 Å². The summed E-state index contributed by atoms with van der Waals surface area (Å²) in [5.74, 6) is 0.991. The van der Waals surface area contributed by atoms with Gasteiger partial charge in [-0.1, -0.05) is 0 Å². The first-order valence-electron chi connectivity index (χ1n) is 7.43. The van der Waals surface area contributed by atoms with Gasteiger partial charge in [0.15, 0.2) is 0 Å². The number of anilines is 1. The zero-order chi connectivity index (χ0) is 15.0. The van der Waals surface area contributed by atoms with Crippen LogP contribution in [0.1, 0.15) is 32.6 Å². The van der Waals surface area contributed by atoms with Crippen molar-refractivity contribution in [1.29, 1.82) is 0 Å². The van der Waals surface area contributed by atoms with Crippen LogP contribution < -0.4 is 5.32 Å². The first-order chi connectivity index (χ1) is 10.0. The molecular weight excluding hydrogens is 354 g/mol. The third kappa shape index (κ3) is 3.40.